The van der Waals surface area contributed by atoms with Crippen LogP contribution in [0.3, 0.4) is 0 Å². The molecule has 0 aromatic heterocycles. The highest BCUT2D eigenvalue weighted by molar-refractivity contribution is 6.07. The molecule has 1 aromatic carbocycles. The lowest BCUT2D eigenvalue weighted by Gasteiger charge is -2.32. The smallest absolute Gasteiger partial charge is 0.250 e. The number of hydrogen-bond donors (Lipinski definition) is 1. The van der Waals surface area contributed by atoms with Gasteiger partial charge < -0.3 is 19.7 Å². The average Bonchev–Trinajstić information content (AvgIpc) is 3.33. The summed E-state index contributed by atoms with van der Waals surface area (Å²) in [6, 6.07) is 4.83. The fourth-order valence-corrected chi connectivity index (χ4v) is 2.63. The molecule has 0 radical (unpaired) electrons. The van der Waals surface area contributed by atoms with Crippen molar-refractivity contribution in [3.63, 3.8) is 0 Å². The number of methoxy groups -OCH3 is 2. The largest absolute Gasteiger partial charge is 0.493 e. The summed E-state index contributed by atoms with van der Waals surface area (Å²) in [7, 11) is 3.10. The first-order valence-electron chi connectivity index (χ1n) is 6.97. The second-order valence-corrected chi connectivity index (χ2v) is 5.35. The van der Waals surface area contributed by atoms with Crippen LogP contribution >= 0.6 is 0 Å². The molecule has 2 fully saturated rings. The Labute approximate surface area is 123 Å². The van der Waals surface area contributed by atoms with E-state index in [1.54, 1.807) is 32.4 Å². The molecule has 6 heteroatoms. The summed E-state index contributed by atoms with van der Waals surface area (Å²) in [4.78, 5) is 25.9. The predicted molar refractivity (Wildman–Crippen MR) is 76.6 cm³/mol. The molecule has 1 N–H and O–H groups in total. The molecule has 1 unspecified atom stereocenters. The van der Waals surface area contributed by atoms with E-state index in [1.165, 1.54) is 4.90 Å². The summed E-state index contributed by atoms with van der Waals surface area (Å²) in [6.07, 6.45) is 1.99. The van der Waals surface area contributed by atoms with E-state index in [4.69, 9.17) is 9.47 Å². The van der Waals surface area contributed by atoms with Gasteiger partial charge in [0.25, 0.3) is 0 Å². The van der Waals surface area contributed by atoms with Crippen LogP contribution in [0.25, 0.3) is 0 Å². The summed E-state index contributed by atoms with van der Waals surface area (Å²) in [5, 5.41) is 2.79. The lowest BCUT2D eigenvalue weighted by molar-refractivity contribution is -0.131. The minimum atomic E-state index is -0.389. The van der Waals surface area contributed by atoms with Crippen molar-refractivity contribution < 1.29 is 19.1 Å². The van der Waals surface area contributed by atoms with E-state index in [-0.39, 0.29) is 30.3 Å². The zero-order valence-corrected chi connectivity index (χ0v) is 12.1. The maximum atomic E-state index is 12.5. The molecule has 2 amide bonds. The monoisotopic (exact) mass is 290 g/mol. The van der Waals surface area contributed by atoms with Crippen LogP contribution in [0.4, 0.5) is 5.69 Å². The van der Waals surface area contributed by atoms with Crippen LogP contribution in [0.2, 0.25) is 0 Å². The van der Waals surface area contributed by atoms with Crippen molar-refractivity contribution >= 4 is 17.5 Å². The molecule has 1 atom stereocenters. The molecule has 2 aliphatic rings. The summed E-state index contributed by atoms with van der Waals surface area (Å²) in [5.74, 6) is 1.24. The van der Waals surface area contributed by atoms with Crippen LogP contribution in [0.5, 0.6) is 11.5 Å². The molecule has 112 valence electrons. The van der Waals surface area contributed by atoms with Gasteiger partial charge in [0.1, 0.15) is 12.6 Å². The van der Waals surface area contributed by atoms with Gasteiger partial charge in [0.05, 0.1) is 14.2 Å². The zero-order valence-electron chi connectivity index (χ0n) is 12.1. The minimum Gasteiger partial charge on any atom is -0.493 e. The van der Waals surface area contributed by atoms with Crippen molar-refractivity contribution in [1.29, 1.82) is 0 Å². The summed E-state index contributed by atoms with van der Waals surface area (Å²) in [6.45, 7) is 0.0392. The number of nitrogens with zero attached hydrogens (tertiary/aromatic N) is 1. The molecule has 1 aromatic rings. The number of amides is 2. The van der Waals surface area contributed by atoms with Crippen LogP contribution in [-0.2, 0) is 9.59 Å². The highest BCUT2D eigenvalue weighted by Gasteiger charge is 2.43. The molecule has 1 saturated carbocycles. The van der Waals surface area contributed by atoms with Gasteiger partial charge in [-0.15, -0.1) is 0 Å². The number of carbonyl (C=O) groups is 2. The van der Waals surface area contributed by atoms with Gasteiger partial charge in [-0.25, -0.2) is 0 Å². The van der Waals surface area contributed by atoms with E-state index in [0.29, 0.717) is 17.2 Å². The van der Waals surface area contributed by atoms with Crippen LogP contribution in [0.1, 0.15) is 12.8 Å². The van der Waals surface area contributed by atoms with E-state index in [9.17, 15) is 9.59 Å². The summed E-state index contributed by atoms with van der Waals surface area (Å²) < 4.78 is 10.4. The van der Waals surface area contributed by atoms with Gasteiger partial charge in [-0.2, -0.15) is 0 Å². The number of carbonyl (C=O) groups excluding carboxylic acids is 2. The SMILES string of the molecule is COc1ccc(N2CC(=O)NC(C3CC3)C2=O)cc1OC. The van der Waals surface area contributed by atoms with E-state index in [1.807, 2.05) is 0 Å². The average molecular weight is 290 g/mol. The lowest BCUT2D eigenvalue weighted by atomic mass is 10.1. The quantitative estimate of drug-likeness (QED) is 0.896. The lowest BCUT2D eigenvalue weighted by Crippen LogP contribution is -2.59. The second-order valence-electron chi connectivity index (χ2n) is 5.35. The third-order valence-electron chi connectivity index (χ3n) is 3.92. The van der Waals surface area contributed by atoms with Crippen molar-refractivity contribution in [2.45, 2.75) is 18.9 Å². The maximum Gasteiger partial charge on any atom is 0.250 e. The second kappa shape index (κ2) is 5.27. The number of piperazine rings is 1. The number of ether oxygens (including phenoxy) is 2. The fraction of sp³-hybridized carbons (Fsp3) is 0.467. The van der Waals surface area contributed by atoms with Gasteiger partial charge in [-0.1, -0.05) is 0 Å². The molecule has 1 aliphatic heterocycles. The Kier molecular flexibility index (Phi) is 3.45. The Morgan fingerprint density at radius 1 is 1.14 bits per heavy atom. The third-order valence-corrected chi connectivity index (χ3v) is 3.92. The number of nitrogens with one attached hydrogen (secondary N) is 1. The first-order valence-corrected chi connectivity index (χ1v) is 6.97. The van der Waals surface area contributed by atoms with E-state index in [2.05, 4.69) is 5.32 Å². The summed E-state index contributed by atoms with van der Waals surface area (Å²) in [5.41, 5.74) is 0.651. The van der Waals surface area contributed by atoms with Gasteiger partial charge in [-0.05, 0) is 30.9 Å². The molecule has 21 heavy (non-hydrogen) atoms. The molecule has 0 bridgehead atoms. The van der Waals surface area contributed by atoms with Gasteiger partial charge in [0, 0.05) is 11.8 Å². The predicted octanol–water partition coefficient (Wildman–Crippen LogP) is 0.945. The van der Waals surface area contributed by atoms with Crippen molar-refractivity contribution in [1.82, 2.24) is 5.32 Å². The van der Waals surface area contributed by atoms with Crippen LogP contribution in [-0.4, -0.2) is 38.6 Å². The number of rotatable bonds is 4. The Bertz CT molecular complexity index is 583. The number of benzene rings is 1. The molecule has 0 spiro atoms. The molecular formula is C15H18N2O4. The molecule has 3 rings (SSSR count). The first kappa shape index (κ1) is 13.7. The standard InChI is InChI=1S/C15H18N2O4/c1-20-11-6-5-10(7-12(11)21-2)17-8-13(18)16-14(15(17)19)9-3-4-9/h5-7,9,14H,3-4,8H2,1-2H3,(H,16,18). The Morgan fingerprint density at radius 2 is 1.86 bits per heavy atom. The van der Waals surface area contributed by atoms with E-state index in [0.717, 1.165) is 12.8 Å². The van der Waals surface area contributed by atoms with Gasteiger partial charge >= 0.3 is 0 Å². The molecule has 6 nitrogen and oxygen atoms in total. The third kappa shape index (κ3) is 2.53. The molecule has 1 heterocycles. The fourth-order valence-electron chi connectivity index (χ4n) is 2.63. The number of hydrogen-bond acceptors (Lipinski definition) is 4. The van der Waals surface area contributed by atoms with Gasteiger partial charge in [-0.3, -0.25) is 9.59 Å². The molecular weight excluding hydrogens is 272 g/mol. The van der Waals surface area contributed by atoms with Gasteiger partial charge in [0.15, 0.2) is 11.5 Å². The Balaban J connectivity index is 1.90. The Hall–Kier alpha value is -2.24. The highest BCUT2D eigenvalue weighted by Crippen LogP contribution is 2.36. The van der Waals surface area contributed by atoms with E-state index < -0.39 is 0 Å². The van der Waals surface area contributed by atoms with Gasteiger partial charge in [0.2, 0.25) is 11.8 Å². The normalized spacial score (nSPS) is 22.0. The first-order chi connectivity index (χ1) is 10.1. The van der Waals surface area contributed by atoms with E-state index >= 15 is 0 Å². The summed E-state index contributed by atoms with van der Waals surface area (Å²) >= 11 is 0. The van der Waals surface area contributed by atoms with Crippen molar-refractivity contribution in [2.24, 2.45) is 5.92 Å². The van der Waals surface area contributed by atoms with Crippen molar-refractivity contribution in [3.05, 3.63) is 18.2 Å². The Morgan fingerprint density at radius 3 is 2.48 bits per heavy atom. The minimum absolute atomic E-state index is 0.0392. The molecule has 1 saturated heterocycles. The van der Waals surface area contributed by atoms with Crippen LogP contribution < -0.4 is 19.7 Å². The van der Waals surface area contributed by atoms with Crippen LogP contribution in [0.15, 0.2) is 18.2 Å². The number of anilines is 1. The highest BCUT2D eigenvalue weighted by atomic mass is 16.5. The van der Waals surface area contributed by atoms with Crippen molar-refractivity contribution in [2.75, 3.05) is 25.7 Å². The van der Waals surface area contributed by atoms with Crippen molar-refractivity contribution in [3.8, 4) is 11.5 Å². The maximum absolute atomic E-state index is 12.5. The zero-order chi connectivity index (χ0) is 15.0. The topological polar surface area (TPSA) is 67.9 Å². The molecule has 1 aliphatic carbocycles. The van der Waals surface area contributed by atoms with Crippen LogP contribution in [0, 0.1) is 5.92 Å².